The fourth-order valence-electron chi connectivity index (χ4n) is 4.23. The predicted molar refractivity (Wildman–Crippen MR) is 138 cm³/mol. The fourth-order valence-corrected chi connectivity index (χ4v) is 6.84. The quantitative estimate of drug-likeness (QED) is 0.392. The second-order valence-electron chi connectivity index (χ2n) is 8.39. The molecule has 1 fully saturated rings. The van der Waals surface area contributed by atoms with Crippen LogP contribution in [0.5, 0.6) is 11.5 Å². The predicted octanol–water partition coefficient (Wildman–Crippen LogP) is 3.28. The molecule has 1 aliphatic heterocycles. The molecule has 1 unspecified atom stereocenters. The van der Waals surface area contributed by atoms with Crippen molar-refractivity contribution >= 4 is 37.5 Å². The third kappa shape index (κ3) is 5.64. The molecule has 194 valence electrons. The van der Waals surface area contributed by atoms with Crippen LogP contribution >= 0.6 is 11.3 Å². The summed E-state index contributed by atoms with van der Waals surface area (Å²) in [5.74, 6) is 0.489. The van der Waals surface area contributed by atoms with Gasteiger partial charge in [-0.05, 0) is 62.2 Å². The topological polar surface area (TPSA) is 99.4 Å². The van der Waals surface area contributed by atoms with Gasteiger partial charge in [-0.1, -0.05) is 11.3 Å². The molecule has 1 saturated heterocycles. The molecule has 2 heterocycles. The van der Waals surface area contributed by atoms with Gasteiger partial charge in [0.05, 0.1) is 41.9 Å². The van der Waals surface area contributed by atoms with Gasteiger partial charge in [0.25, 0.3) is 5.91 Å². The number of aromatic nitrogens is 1. The lowest BCUT2D eigenvalue weighted by atomic mass is 9.99. The number of nitrogens with zero attached hydrogens (tertiary/aromatic N) is 3. The fraction of sp³-hybridized carbons (Fsp3) is 0.440. The van der Waals surface area contributed by atoms with Crippen molar-refractivity contribution in [2.45, 2.75) is 31.2 Å². The molecule has 1 aliphatic rings. The van der Waals surface area contributed by atoms with Crippen molar-refractivity contribution < 1.29 is 27.4 Å². The summed E-state index contributed by atoms with van der Waals surface area (Å²) in [5, 5.41) is 0. The molecular weight excluding hydrogens is 502 g/mol. The lowest BCUT2D eigenvalue weighted by Gasteiger charge is -2.30. The van der Waals surface area contributed by atoms with Gasteiger partial charge in [-0.2, -0.15) is 9.30 Å². The van der Waals surface area contributed by atoms with Gasteiger partial charge in [0, 0.05) is 26.2 Å². The summed E-state index contributed by atoms with van der Waals surface area (Å²) in [7, 11) is -0.585. The standard InChI is InChI=1S/C25H31N3O6S2/c1-4-34-15-14-28-22-12-9-20(33-3)16-23(22)35-25(28)26-24(29)18-6-5-13-27(17-18)36(30,31)21-10-7-19(32-2)8-11-21/h7-12,16,18H,4-6,13-15,17H2,1-3H3. The molecule has 0 radical (unpaired) electrons. The second kappa shape index (κ2) is 11.5. The van der Waals surface area contributed by atoms with Crippen LogP contribution in [0.25, 0.3) is 10.2 Å². The lowest BCUT2D eigenvalue weighted by molar-refractivity contribution is -0.122. The van der Waals surface area contributed by atoms with Crippen molar-refractivity contribution in [1.29, 1.82) is 0 Å². The van der Waals surface area contributed by atoms with Gasteiger partial charge in [-0.25, -0.2) is 8.42 Å². The smallest absolute Gasteiger partial charge is 0.252 e. The number of methoxy groups -OCH3 is 2. The van der Waals surface area contributed by atoms with E-state index < -0.39 is 15.9 Å². The molecule has 4 rings (SSSR count). The molecule has 2 aromatic carbocycles. The Hall–Kier alpha value is -2.73. The number of ether oxygens (including phenoxy) is 3. The molecule has 1 aromatic heterocycles. The normalized spacial score (nSPS) is 17.4. The summed E-state index contributed by atoms with van der Waals surface area (Å²) in [6, 6.07) is 12.0. The molecule has 0 spiro atoms. The highest BCUT2D eigenvalue weighted by atomic mass is 32.2. The maximum Gasteiger partial charge on any atom is 0.252 e. The number of benzene rings is 2. The number of carbonyl (C=O) groups is 1. The van der Waals surface area contributed by atoms with E-state index in [-0.39, 0.29) is 17.3 Å². The van der Waals surface area contributed by atoms with Crippen molar-refractivity contribution in [2.75, 3.05) is 40.5 Å². The van der Waals surface area contributed by atoms with Gasteiger partial charge in [-0.3, -0.25) is 4.79 Å². The number of thiazole rings is 1. The van der Waals surface area contributed by atoms with Gasteiger partial charge < -0.3 is 18.8 Å². The first-order valence-electron chi connectivity index (χ1n) is 11.8. The first kappa shape index (κ1) is 26.3. The van der Waals surface area contributed by atoms with Crippen LogP contribution in [0.15, 0.2) is 52.4 Å². The van der Waals surface area contributed by atoms with Crippen LogP contribution in [0, 0.1) is 5.92 Å². The van der Waals surface area contributed by atoms with Crippen molar-refractivity contribution in [3.63, 3.8) is 0 Å². The maximum absolute atomic E-state index is 13.3. The van der Waals surface area contributed by atoms with Crippen LogP contribution in [0.3, 0.4) is 0 Å². The van der Waals surface area contributed by atoms with Crippen LogP contribution in [0.4, 0.5) is 0 Å². The highest BCUT2D eigenvalue weighted by Crippen LogP contribution is 2.27. The Morgan fingerprint density at radius 2 is 1.83 bits per heavy atom. The largest absolute Gasteiger partial charge is 0.497 e. The Balaban J connectivity index is 1.60. The summed E-state index contributed by atoms with van der Waals surface area (Å²) in [4.78, 5) is 18.5. The average Bonchev–Trinajstić information content (AvgIpc) is 3.24. The Morgan fingerprint density at radius 3 is 2.53 bits per heavy atom. The number of rotatable bonds is 9. The van der Waals surface area contributed by atoms with Gasteiger partial charge in [0.1, 0.15) is 11.5 Å². The number of fused-ring (bicyclic) bond motifs is 1. The van der Waals surface area contributed by atoms with Crippen molar-refractivity contribution in [3.05, 3.63) is 47.3 Å². The van der Waals surface area contributed by atoms with Crippen molar-refractivity contribution in [2.24, 2.45) is 10.9 Å². The Labute approximate surface area is 215 Å². The molecule has 1 atom stereocenters. The van der Waals surface area contributed by atoms with E-state index in [0.29, 0.717) is 49.7 Å². The molecule has 36 heavy (non-hydrogen) atoms. The Kier molecular flexibility index (Phi) is 8.45. The van der Waals surface area contributed by atoms with Crippen LogP contribution in [0.2, 0.25) is 0 Å². The monoisotopic (exact) mass is 533 g/mol. The minimum atomic E-state index is -3.73. The Bertz CT molecular complexity index is 1380. The molecule has 1 amide bonds. The number of carbonyl (C=O) groups excluding carboxylic acids is 1. The van der Waals surface area contributed by atoms with Crippen LogP contribution in [0.1, 0.15) is 19.8 Å². The van der Waals surface area contributed by atoms with Crippen LogP contribution in [-0.4, -0.2) is 63.7 Å². The molecule has 11 heteroatoms. The number of hydrogen-bond donors (Lipinski definition) is 0. The summed E-state index contributed by atoms with van der Waals surface area (Å²) in [5.41, 5.74) is 0.944. The van der Waals surface area contributed by atoms with Gasteiger partial charge in [0.2, 0.25) is 10.0 Å². The van der Waals surface area contributed by atoms with E-state index in [1.165, 1.54) is 34.9 Å². The highest BCUT2D eigenvalue weighted by Gasteiger charge is 2.33. The second-order valence-corrected chi connectivity index (χ2v) is 11.3. The van der Waals surface area contributed by atoms with E-state index >= 15 is 0 Å². The van der Waals surface area contributed by atoms with Gasteiger partial charge in [-0.15, -0.1) is 0 Å². The van der Waals surface area contributed by atoms with E-state index in [0.717, 1.165) is 16.0 Å². The highest BCUT2D eigenvalue weighted by molar-refractivity contribution is 7.89. The van der Waals surface area contributed by atoms with E-state index in [1.807, 2.05) is 29.7 Å². The zero-order chi connectivity index (χ0) is 25.7. The average molecular weight is 534 g/mol. The van der Waals surface area contributed by atoms with Gasteiger partial charge in [0.15, 0.2) is 4.80 Å². The number of piperidine rings is 1. The molecule has 0 N–H and O–H groups in total. The van der Waals surface area contributed by atoms with Gasteiger partial charge >= 0.3 is 0 Å². The van der Waals surface area contributed by atoms with E-state index in [9.17, 15) is 13.2 Å². The maximum atomic E-state index is 13.3. The van der Waals surface area contributed by atoms with E-state index in [1.54, 1.807) is 19.2 Å². The Morgan fingerprint density at radius 1 is 1.11 bits per heavy atom. The summed E-state index contributed by atoms with van der Waals surface area (Å²) >= 11 is 1.41. The minimum absolute atomic E-state index is 0.106. The molecule has 0 saturated carbocycles. The molecule has 0 bridgehead atoms. The van der Waals surface area contributed by atoms with Crippen LogP contribution in [-0.2, 0) is 26.1 Å². The number of sulfonamides is 1. The van der Waals surface area contributed by atoms with Crippen molar-refractivity contribution in [3.8, 4) is 11.5 Å². The first-order chi connectivity index (χ1) is 17.4. The molecule has 0 aliphatic carbocycles. The summed E-state index contributed by atoms with van der Waals surface area (Å²) in [6.07, 6.45) is 1.18. The third-order valence-corrected chi connectivity index (χ3v) is 9.11. The summed E-state index contributed by atoms with van der Waals surface area (Å²) < 4.78 is 46.7. The molecule has 9 nitrogen and oxygen atoms in total. The number of amides is 1. The SMILES string of the molecule is CCOCCn1c(=NC(=O)C2CCCN(S(=O)(=O)c3ccc(OC)cc3)C2)sc2cc(OC)ccc21. The summed E-state index contributed by atoms with van der Waals surface area (Å²) in [6.45, 7) is 4.05. The van der Waals surface area contributed by atoms with E-state index in [4.69, 9.17) is 14.2 Å². The zero-order valence-electron chi connectivity index (χ0n) is 20.7. The van der Waals surface area contributed by atoms with Crippen molar-refractivity contribution in [1.82, 2.24) is 8.87 Å². The third-order valence-electron chi connectivity index (χ3n) is 6.19. The van der Waals surface area contributed by atoms with E-state index in [2.05, 4.69) is 4.99 Å². The molecular formula is C25H31N3O6S2. The zero-order valence-corrected chi connectivity index (χ0v) is 22.3. The van der Waals surface area contributed by atoms with Crippen LogP contribution < -0.4 is 14.3 Å². The minimum Gasteiger partial charge on any atom is -0.497 e. The molecule has 3 aromatic rings. The first-order valence-corrected chi connectivity index (χ1v) is 14.1. The number of hydrogen-bond acceptors (Lipinski definition) is 7. The lowest BCUT2D eigenvalue weighted by Crippen LogP contribution is -2.42.